The molecule has 0 aliphatic heterocycles. The van der Waals surface area contributed by atoms with Gasteiger partial charge >= 0.3 is 0 Å². The van der Waals surface area contributed by atoms with E-state index in [1.807, 2.05) is 30.3 Å². The predicted octanol–water partition coefficient (Wildman–Crippen LogP) is 3.72. The summed E-state index contributed by atoms with van der Waals surface area (Å²) in [7, 11) is 0. The molecule has 27 heavy (non-hydrogen) atoms. The third-order valence-electron chi connectivity index (χ3n) is 5.02. The van der Waals surface area contributed by atoms with E-state index in [4.69, 9.17) is 4.52 Å². The van der Waals surface area contributed by atoms with Gasteiger partial charge in [-0.15, -0.1) is 0 Å². The maximum Gasteiger partial charge on any atom is 0.245 e. The van der Waals surface area contributed by atoms with Crippen molar-refractivity contribution in [2.75, 3.05) is 11.9 Å². The van der Waals surface area contributed by atoms with Crippen LogP contribution in [0.25, 0.3) is 0 Å². The van der Waals surface area contributed by atoms with Crippen molar-refractivity contribution in [1.82, 2.24) is 10.1 Å². The van der Waals surface area contributed by atoms with Gasteiger partial charge in [-0.3, -0.25) is 9.59 Å². The molecule has 6 nitrogen and oxygen atoms in total. The first-order chi connectivity index (χ1) is 13.1. The van der Waals surface area contributed by atoms with E-state index in [0.29, 0.717) is 24.4 Å². The lowest BCUT2D eigenvalue weighted by atomic mass is 9.93. The highest BCUT2D eigenvalue weighted by Gasteiger charge is 2.27. The van der Waals surface area contributed by atoms with Crippen LogP contribution in [0.2, 0.25) is 0 Å². The van der Waals surface area contributed by atoms with Crippen molar-refractivity contribution < 1.29 is 14.1 Å². The Hall–Kier alpha value is -2.63. The lowest BCUT2D eigenvalue weighted by molar-refractivity contribution is -0.137. The van der Waals surface area contributed by atoms with Crippen LogP contribution in [0.4, 0.5) is 5.82 Å². The number of nitrogens with zero attached hydrogens (tertiary/aromatic N) is 2. The molecule has 0 spiro atoms. The summed E-state index contributed by atoms with van der Waals surface area (Å²) in [5.74, 6) is 0.824. The maximum atomic E-state index is 12.9. The Balaban J connectivity index is 1.62. The molecule has 0 saturated heterocycles. The van der Waals surface area contributed by atoms with E-state index in [1.165, 1.54) is 6.42 Å². The molecule has 2 amide bonds. The number of hydrogen-bond acceptors (Lipinski definition) is 4. The van der Waals surface area contributed by atoms with Crippen LogP contribution in [0, 0.1) is 6.92 Å². The van der Waals surface area contributed by atoms with Gasteiger partial charge in [-0.25, -0.2) is 0 Å². The summed E-state index contributed by atoms with van der Waals surface area (Å²) in [5, 5.41) is 6.51. The first-order valence-electron chi connectivity index (χ1n) is 9.68. The number of aromatic nitrogens is 1. The Morgan fingerprint density at radius 3 is 2.59 bits per heavy atom. The monoisotopic (exact) mass is 369 g/mol. The maximum absolute atomic E-state index is 12.9. The SMILES string of the molecule is Cc1cc(NC(=O)CN(C(=O)CCc2ccccc2)C2CCCCC2)no1. The molecule has 6 heteroatoms. The molecular formula is C21H27N3O3. The van der Waals surface area contributed by atoms with Gasteiger partial charge in [0.25, 0.3) is 0 Å². The van der Waals surface area contributed by atoms with E-state index in [2.05, 4.69) is 10.5 Å². The number of hydrogen-bond donors (Lipinski definition) is 1. The second-order valence-electron chi connectivity index (χ2n) is 7.17. The lowest BCUT2D eigenvalue weighted by Gasteiger charge is -2.34. The second-order valence-corrected chi connectivity index (χ2v) is 7.17. The third kappa shape index (κ3) is 5.67. The zero-order valence-electron chi connectivity index (χ0n) is 15.8. The highest BCUT2D eigenvalue weighted by Crippen LogP contribution is 2.23. The van der Waals surface area contributed by atoms with Crippen LogP contribution in [0.3, 0.4) is 0 Å². The fraction of sp³-hybridized carbons (Fsp3) is 0.476. The van der Waals surface area contributed by atoms with E-state index >= 15 is 0 Å². The molecule has 0 radical (unpaired) electrons. The molecule has 1 saturated carbocycles. The molecule has 1 N–H and O–H groups in total. The van der Waals surface area contributed by atoms with Gasteiger partial charge in [0.1, 0.15) is 12.3 Å². The molecule has 0 unspecified atom stereocenters. The van der Waals surface area contributed by atoms with Crippen LogP contribution in [0.15, 0.2) is 40.9 Å². The van der Waals surface area contributed by atoms with Crippen molar-refractivity contribution in [1.29, 1.82) is 0 Å². The minimum atomic E-state index is -0.234. The number of aryl methyl sites for hydroxylation is 2. The average molecular weight is 369 g/mol. The highest BCUT2D eigenvalue weighted by atomic mass is 16.5. The number of rotatable bonds is 7. The molecule has 1 aromatic carbocycles. The van der Waals surface area contributed by atoms with Crippen molar-refractivity contribution in [3.05, 3.63) is 47.7 Å². The number of amides is 2. The van der Waals surface area contributed by atoms with Crippen LogP contribution >= 0.6 is 0 Å². The van der Waals surface area contributed by atoms with Gasteiger partial charge < -0.3 is 14.7 Å². The fourth-order valence-corrected chi connectivity index (χ4v) is 3.62. The summed E-state index contributed by atoms with van der Waals surface area (Å²) in [6, 6.07) is 11.8. The standard InChI is InChI=1S/C21H27N3O3/c1-16-14-19(23-27-16)22-20(25)15-24(18-10-6-3-7-11-18)21(26)13-12-17-8-4-2-5-9-17/h2,4-5,8-9,14,18H,3,6-7,10-13,15H2,1H3,(H,22,23,25). The minimum Gasteiger partial charge on any atom is -0.360 e. The summed E-state index contributed by atoms with van der Waals surface area (Å²) < 4.78 is 4.98. The highest BCUT2D eigenvalue weighted by molar-refractivity contribution is 5.93. The largest absolute Gasteiger partial charge is 0.360 e. The number of carbonyl (C=O) groups excluding carboxylic acids is 2. The predicted molar refractivity (Wildman–Crippen MR) is 103 cm³/mol. The van der Waals surface area contributed by atoms with Gasteiger partial charge in [-0.05, 0) is 31.7 Å². The van der Waals surface area contributed by atoms with Gasteiger partial charge in [-0.1, -0.05) is 54.8 Å². The normalized spacial score (nSPS) is 14.7. The van der Waals surface area contributed by atoms with Gasteiger partial charge in [-0.2, -0.15) is 0 Å². The summed E-state index contributed by atoms with van der Waals surface area (Å²) in [5.41, 5.74) is 1.14. The van der Waals surface area contributed by atoms with E-state index in [0.717, 1.165) is 31.2 Å². The van der Waals surface area contributed by atoms with Crippen molar-refractivity contribution in [3.8, 4) is 0 Å². The number of nitrogens with one attached hydrogen (secondary N) is 1. The third-order valence-corrected chi connectivity index (χ3v) is 5.02. The molecule has 0 atom stereocenters. The fourth-order valence-electron chi connectivity index (χ4n) is 3.62. The first kappa shape index (κ1) is 19.1. The van der Waals surface area contributed by atoms with Gasteiger partial charge in [0.15, 0.2) is 5.82 Å². The Morgan fingerprint density at radius 1 is 1.19 bits per heavy atom. The molecule has 1 heterocycles. The Bertz CT molecular complexity index is 751. The summed E-state index contributed by atoms with van der Waals surface area (Å²) in [4.78, 5) is 27.2. The van der Waals surface area contributed by atoms with Crippen LogP contribution < -0.4 is 5.32 Å². The van der Waals surface area contributed by atoms with E-state index in [1.54, 1.807) is 17.9 Å². The average Bonchev–Trinajstić information content (AvgIpc) is 3.10. The first-order valence-corrected chi connectivity index (χ1v) is 9.68. The Kier molecular flexibility index (Phi) is 6.63. The molecule has 2 aromatic rings. The molecule has 144 valence electrons. The van der Waals surface area contributed by atoms with E-state index < -0.39 is 0 Å². The minimum absolute atomic E-state index is 0.0391. The van der Waals surface area contributed by atoms with Crippen molar-refractivity contribution in [2.45, 2.75) is 57.9 Å². The van der Waals surface area contributed by atoms with Crippen molar-refractivity contribution in [3.63, 3.8) is 0 Å². The van der Waals surface area contributed by atoms with Gasteiger partial charge in [0.05, 0.1) is 0 Å². The zero-order chi connectivity index (χ0) is 19.1. The quantitative estimate of drug-likeness (QED) is 0.807. The van der Waals surface area contributed by atoms with E-state index in [9.17, 15) is 9.59 Å². The van der Waals surface area contributed by atoms with Crippen LogP contribution in [0.5, 0.6) is 0 Å². The van der Waals surface area contributed by atoms with E-state index in [-0.39, 0.29) is 24.4 Å². The number of benzene rings is 1. The summed E-state index contributed by atoms with van der Waals surface area (Å²) >= 11 is 0. The molecule has 3 rings (SSSR count). The van der Waals surface area contributed by atoms with Gasteiger partial charge in [0.2, 0.25) is 11.8 Å². The van der Waals surface area contributed by atoms with Gasteiger partial charge in [0, 0.05) is 18.5 Å². The summed E-state index contributed by atoms with van der Waals surface area (Å²) in [6.45, 7) is 1.83. The lowest BCUT2D eigenvalue weighted by Crippen LogP contribution is -2.45. The topological polar surface area (TPSA) is 75.4 Å². The van der Waals surface area contributed by atoms with Crippen LogP contribution in [-0.4, -0.2) is 34.5 Å². The molecule has 1 aliphatic rings. The van der Waals surface area contributed by atoms with Crippen molar-refractivity contribution >= 4 is 17.6 Å². The number of carbonyl (C=O) groups is 2. The second kappa shape index (κ2) is 9.35. The molecule has 1 fully saturated rings. The smallest absolute Gasteiger partial charge is 0.245 e. The zero-order valence-corrected chi connectivity index (χ0v) is 15.8. The molecule has 0 bridgehead atoms. The Labute approximate surface area is 159 Å². The van der Waals surface area contributed by atoms with Crippen LogP contribution in [0.1, 0.15) is 49.8 Å². The number of anilines is 1. The molecule has 1 aliphatic carbocycles. The molecular weight excluding hydrogens is 342 g/mol. The van der Waals surface area contributed by atoms with Crippen LogP contribution in [-0.2, 0) is 16.0 Å². The summed E-state index contributed by atoms with van der Waals surface area (Å²) in [6.07, 6.45) is 6.45. The Morgan fingerprint density at radius 2 is 1.93 bits per heavy atom. The molecule has 1 aromatic heterocycles. The van der Waals surface area contributed by atoms with Crippen molar-refractivity contribution in [2.24, 2.45) is 0 Å².